The van der Waals surface area contributed by atoms with Crippen molar-refractivity contribution in [1.29, 1.82) is 0 Å². The Hall–Kier alpha value is -1.88. The molecule has 0 aliphatic rings. The van der Waals surface area contributed by atoms with Crippen molar-refractivity contribution < 1.29 is 19.5 Å². The maximum Gasteiger partial charge on any atom is 0.326 e. The second kappa shape index (κ2) is 6.89. The zero-order chi connectivity index (χ0) is 14.4. The third kappa shape index (κ3) is 5.52. The number of ketones is 1. The maximum absolute atomic E-state index is 11.7. The SMILES string of the molecule is CC(=O)CC(NC(=O)Cc1ccc(Cl)cc1)C(=O)O. The zero-order valence-electron chi connectivity index (χ0n) is 10.4. The molecule has 1 aromatic carbocycles. The van der Waals surface area contributed by atoms with Crippen molar-refractivity contribution in [3.63, 3.8) is 0 Å². The van der Waals surface area contributed by atoms with Gasteiger partial charge in [0.2, 0.25) is 5.91 Å². The van der Waals surface area contributed by atoms with Gasteiger partial charge in [0.05, 0.1) is 6.42 Å². The van der Waals surface area contributed by atoms with E-state index in [4.69, 9.17) is 16.7 Å². The van der Waals surface area contributed by atoms with Crippen molar-refractivity contribution in [2.45, 2.75) is 25.8 Å². The van der Waals surface area contributed by atoms with Crippen molar-refractivity contribution in [1.82, 2.24) is 5.32 Å². The Balaban J connectivity index is 2.59. The van der Waals surface area contributed by atoms with Crippen LogP contribution in [0.15, 0.2) is 24.3 Å². The van der Waals surface area contributed by atoms with Gasteiger partial charge in [-0.25, -0.2) is 4.79 Å². The fourth-order valence-electron chi connectivity index (χ4n) is 1.52. The van der Waals surface area contributed by atoms with E-state index in [0.717, 1.165) is 0 Å². The minimum atomic E-state index is -1.22. The molecule has 6 heteroatoms. The Morgan fingerprint density at radius 3 is 2.32 bits per heavy atom. The molecule has 19 heavy (non-hydrogen) atoms. The minimum absolute atomic E-state index is 0.0405. The van der Waals surface area contributed by atoms with E-state index in [-0.39, 0.29) is 18.6 Å². The molecule has 0 aliphatic carbocycles. The van der Waals surface area contributed by atoms with Gasteiger partial charge < -0.3 is 10.4 Å². The number of carboxylic acid groups (broad SMARTS) is 1. The Bertz CT molecular complexity index is 484. The molecule has 0 saturated carbocycles. The molecule has 0 saturated heterocycles. The molecule has 5 nitrogen and oxygen atoms in total. The van der Waals surface area contributed by atoms with Gasteiger partial charge in [0.25, 0.3) is 0 Å². The van der Waals surface area contributed by atoms with Crippen molar-refractivity contribution in [3.8, 4) is 0 Å². The molecule has 0 aliphatic heterocycles. The number of hydrogen-bond donors (Lipinski definition) is 2. The number of benzene rings is 1. The largest absolute Gasteiger partial charge is 0.480 e. The van der Waals surface area contributed by atoms with Gasteiger partial charge >= 0.3 is 5.97 Å². The zero-order valence-corrected chi connectivity index (χ0v) is 11.1. The number of halogens is 1. The highest BCUT2D eigenvalue weighted by molar-refractivity contribution is 6.30. The number of rotatable bonds is 6. The number of carboxylic acids is 1. The van der Waals surface area contributed by atoms with Crippen LogP contribution >= 0.6 is 11.6 Å². The summed E-state index contributed by atoms with van der Waals surface area (Å²) in [5.41, 5.74) is 0.717. The molecule has 0 fully saturated rings. The molecule has 102 valence electrons. The maximum atomic E-state index is 11.7. The van der Waals surface area contributed by atoms with Gasteiger partial charge in [0, 0.05) is 11.4 Å². The van der Waals surface area contributed by atoms with Crippen LogP contribution in [0.1, 0.15) is 18.9 Å². The van der Waals surface area contributed by atoms with Crippen molar-refractivity contribution in [2.24, 2.45) is 0 Å². The van der Waals surface area contributed by atoms with Gasteiger partial charge in [-0.3, -0.25) is 9.59 Å². The Morgan fingerprint density at radius 1 is 1.26 bits per heavy atom. The first-order valence-electron chi connectivity index (χ1n) is 5.64. The highest BCUT2D eigenvalue weighted by Crippen LogP contribution is 2.10. The summed E-state index contributed by atoms with van der Waals surface area (Å²) in [6.45, 7) is 1.28. The van der Waals surface area contributed by atoms with Gasteiger partial charge in [-0.05, 0) is 24.6 Å². The molecule has 1 rings (SSSR count). The Kier molecular flexibility index (Phi) is 5.51. The molecule has 0 spiro atoms. The van der Waals surface area contributed by atoms with Crippen LogP contribution in [-0.4, -0.2) is 28.8 Å². The second-order valence-corrected chi connectivity index (χ2v) is 4.60. The lowest BCUT2D eigenvalue weighted by molar-refractivity contribution is -0.143. The number of carbonyl (C=O) groups excluding carboxylic acids is 2. The Morgan fingerprint density at radius 2 is 1.84 bits per heavy atom. The average Bonchev–Trinajstić information content (AvgIpc) is 2.30. The van der Waals surface area contributed by atoms with Crippen molar-refractivity contribution >= 4 is 29.3 Å². The van der Waals surface area contributed by atoms with Crippen LogP contribution in [0, 0.1) is 0 Å². The van der Waals surface area contributed by atoms with E-state index in [2.05, 4.69) is 5.32 Å². The molecule has 0 heterocycles. The van der Waals surface area contributed by atoms with E-state index in [1.165, 1.54) is 6.92 Å². The lowest BCUT2D eigenvalue weighted by Gasteiger charge is -2.12. The summed E-state index contributed by atoms with van der Waals surface area (Å²) in [5, 5.41) is 11.8. The first kappa shape index (κ1) is 15.2. The molecule has 1 aromatic rings. The predicted molar refractivity (Wildman–Crippen MR) is 70.0 cm³/mol. The first-order valence-corrected chi connectivity index (χ1v) is 6.02. The number of carbonyl (C=O) groups is 3. The third-order valence-electron chi connectivity index (χ3n) is 2.40. The van der Waals surface area contributed by atoms with Crippen LogP contribution in [0.3, 0.4) is 0 Å². The van der Waals surface area contributed by atoms with Crippen LogP contribution in [-0.2, 0) is 20.8 Å². The van der Waals surface area contributed by atoms with Crippen LogP contribution in [0.2, 0.25) is 5.02 Å². The highest BCUT2D eigenvalue weighted by Gasteiger charge is 2.21. The molecule has 1 unspecified atom stereocenters. The molecular weight excluding hydrogens is 270 g/mol. The summed E-state index contributed by atoms with van der Waals surface area (Å²) >= 11 is 5.72. The normalized spacial score (nSPS) is 11.7. The third-order valence-corrected chi connectivity index (χ3v) is 2.65. The fraction of sp³-hybridized carbons (Fsp3) is 0.308. The monoisotopic (exact) mass is 283 g/mol. The molecule has 1 atom stereocenters. The van der Waals surface area contributed by atoms with Gasteiger partial charge in [-0.15, -0.1) is 0 Å². The van der Waals surface area contributed by atoms with E-state index in [9.17, 15) is 14.4 Å². The summed E-state index contributed by atoms with van der Waals surface area (Å²) in [4.78, 5) is 33.5. The highest BCUT2D eigenvalue weighted by atomic mass is 35.5. The Labute approximate surface area is 115 Å². The number of nitrogens with one attached hydrogen (secondary N) is 1. The fourth-order valence-corrected chi connectivity index (χ4v) is 1.65. The second-order valence-electron chi connectivity index (χ2n) is 4.17. The average molecular weight is 284 g/mol. The van der Waals surface area contributed by atoms with Gasteiger partial charge in [0.1, 0.15) is 11.8 Å². The standard InChI is InChI=1S/C13H14ClNO4/c1-8(16)6-11(13(18)19)15-12(17)7-9-2-4-10(14)5-3-9/h2-5,11H,6-7H2,1H3,(H,15,17)(H,18,19). The van der Waals surface area contributed by atoms with Crippen LogP contribution < -0.4 is 5.32 Å². The first-order chi connectivity index (χ1) is 8.88. The molecule has 0 bridgehead atoms. The topological polar surface area (TPSA) is 83.5 Å². The summed E-state index contributed by atoms with van der Waals surface area (Å²) in [7, 11) is 0. The van der Waals surface area contributed by atoms with Gasteiger partial charge in [-0.1, -0.05) is 23.7 Å². The smallest absolute Gasteiger partial charge is 0.326 e. The lowest BCUT2D eigenvalue weighted by Crippen LogP contribution is -2.42. The molecule has 1 amide bonds. The number of amides is 1. The summed E-state index contributed by atoms with van der Waals surface area (Å²) in [6, 6.07) is 5.48. The van der Waals surface area contributed by atoms with Crippen LogP contribution in [0.5, 0.6) is 0 Å². The predicted octanol–water partition coefficient (Wildman–Crippen LogP) is 1.43. The molecule has 0 radical (unpaired) electrons. The number of aliphatic carboxylic acids is 1. The quantitative estimate of drug-likeness (QED) is 0.827. The van der Waals surface area contributed by atoms with E-state index in [1.54, 1.807) is 24.3 Å². The van der Waals surface area contributed by atoms with E-state index >= 15 is 0 Å². The van der Waals surface area contributed by atoms with Crippen molar-refractivity contribution in [3.05, 3.63) is 34.9 Å². The lowest BCUT2D eigenvalue weighted by atomic mass is 10.1. The van der Waals surface area contributed by atoms with Gasteiger partial charge in [0.15, 0.2) is 0 Å². The number of hydrogen-bond acceptors (Lipinski definition) is 3. The summed E-state index contributed by atoms with van der Waals surface area (Å²) in [6.07, 6.45) is -0.180. The summed E-state index contributed by atoms with van der Waals surface area (Å²) in [5.74, 6) is -1.96. The van der Waals surface area contributed by atoms with E-state index < -0.39 is 17.9 Å². The van der Waals surface area contributed by atoms with E-state index in [1.807, 2.05) is 0 Å². The molecule has 0 aromatic heterocycles. The van der Waals surface area contributed by atoms with Crippen LogP contribution in [0.25, 0.3) is 0 Å². The van der Waals surface area contributed by atoms with Gasteiger partial charge in [-0.2, -0.15) is 0 Å². The molecular formula is C13H14ClNO4. The molecule has 2 N–H and O–H groups in total. The number of Topliss-reactive ketones (excluding diaryl/α,β-unsaturated/α-hetero) is 1. The van der Waals surface area contributed by atoms with E-state index in [0.29, 0.717) is 10.6 Å². The summed E-state index contributed by atoms with van der Waals surface area (Å²) < 4.78 is 0. The van der Waals surface area contributed by atoms with Crippen molar-refractivity contribution in [2.75, 3.05) is 0 Å². The van der Waals surface area contributed by atoms with Crippen LogP contribution in [0.4, 0.5) is 0 Å². The minimum Gasteiger partial charge on any atom is -0.480 e.